The molecule has 1 rings (SSSR count). The number of carboxylic acid groups (broad SMARTS) is 1. The standard InChI is InChI=1S/C16H21N3O6/c1-9(14(22)18-10(2)16(24)25)17-15(23)13(19-12(21)8-20)11-6-4-3-5-7-11/h3-7,9-10,13,20H,8H2,1-2H3,(H,17,23)(H,18,22)(H,19,21)(H,24,25)/t9-,10-,13+/m0/s1. The molecule has 0 aliphatic carbocycles. The molecule has 25 heavy (non-hydrogen) atoms. The Morgan fingerprint density at radius 2 is 1.48 bits per heavy atom. The van der Waals surface area contributed by atoms with Crippen molar-refractivity contribution in [2.45, 2.75) is 32.0 Å². The third-order valence-electron chi connectivity index (χ3n) is 3.33. The highest BCUT2D eigenvalue weighted by Gasteiger charge is 2.26. The summed E-state index contributed by atoms with van der Waals surface area (Å²) in [6.07, 6.45) is 0. The van der Waals surface area contributed by atoms with Gasteiger partial charge in [-0.25, -0.2) is 0 Å². The van der Waals surface area contributed by atoms with Crippen molar-refractivity contribution in [2.24, 2.45) is 0 Å². The average Bonchev–Trinajstić information content (AvgIpc) is 2.59. The molecule has 9 heteroatoms. The van der Waals surface area contributed by atoms with E-state index < -0.39 is 48.4 Å². The summed E-state index contributed by atoms with van der Waals surface area (Å²) >= 11 is 0. The molecule has 0 heterocycles. The smallest absolute Gasteiger partial charge is 0.325 e. The molecule has 136 valence electrons. The van der Waals surface area contributed by atoms with Crippen molar-refractivity contribution in [3.05, 3.63) is 35.9 Å². The second-order valence-electron chi connectivity index (χ2n) is 5.37. The molecule has 0 fully saturated rings. The zero-order chi connectivity index (χ0) is 19.0. The van der Waals surface area contributed by atoms with Gasteiger partial charge in [-0.3, -0.25) is 19.2 Å². The second kappa shape index (κ2) is 9.38. The van der Waals surface area contributed by atoms with E-state index in [-0.39, 0.29) is 0 Å². The molecule has 5 N–H and O–H groups in total. The molecule has 0 aliphatic rings. The minimum Gasteiger partial charge on any atom is -0.480 e. The Balaban J connectivity index is 2.82. The number of benzene rings is 1. The van der Waals surface area contributed by atoms with E-state index >= 15 is 0 Å². The molecule has 1 aromatic rings. The van der Waals surface area contributed by atoms with Crippen LogP contribution in [0.5, 0.6) is 0 Å². The van der Waals surface area contributed by atoms with Crippen molar-refractivity contribution in [2.75, 3.05) is 6.61 Å². The van der Waals surface area contributed by atoms with Crippen LogP contribution in [0.3, 0.4) is 0 Å². The lowest BCUT2D eigenvalue weighted by Gasteiger charge is -2.21. The number of amides is 3. The molecule has 0 aromatic heterocycles. The highest BCUT2D eigenvalue weighted by molar-refractivity contribution is 5.93. The Hall–Kier alpha value is -2.94. The highest BCUT2D eigenvalue weighted by Crippen LogP contribution is 2.13. The molecule has 3 atom stereocenters. The van der Waals surface area contributed by atoms with Crippen LogP contribution in [0.15, 0.2) is 30.3 Å². The molecule has 0 saturated carbocycles. The van der Waals surface area contributed by atoms with Gasteiger partial charge < -0.3 is 26.2 Å². The van der Waals surface area contributed by atoms with Crippen molar-refractivity contribution in [1.29, 1.82) is 0 Å². The fourth-order valence-corrected chi connectivity index (χ4v) is 1.91. The number of rotatable bonds is 8. The van der Waals surface area contributed by atoms with E-state index in [2.05, 4.69) is 16.0 Å². The van der Waals surface area contributed by atoms with Crippen LogP contribution in [0.1, 0.15) is 25.5 Å². The fraction of sp³-hybridized carbons (Fsp3) is 0.375. The van der Waals surface area contributed by atoms with Gasteiger partial charge in [0.05, 0.1) is 0 Å². The van der Waals surface area contributed by atoms with Gasteiger partial charge in [-0.1, -0.05) is 30.3 Å². The third-order valence-corrected chi connectivity index (χ3v) is 3.33. The topological polar surface area (TPSA) is 145 Å². The summed E-state index contributed by atoms with van der Waals surface area (Å²) in [5.41, 5.74) is 0.466. The van der Waals surface area contributed by atoms with Crippen LogP contribution < -0.4 is 16.0 Å². The summed E-state index contributed by atoms with van der Waals surface area (Å²) in [5, 5.41) is 24.7. The van der Waals surface area contributed by atoms with Gasteiger partial charge in [0.25, 0.3) is 0 Å². The van der Waals surface area contributed by atoms with Crippen LogP contribution in [-0.2, 0) is 19.2 Å². The van der Waals surface area contributed by atoms with Crippen LogP contribution in [0.25, 0.3) is 0 Å². The molecule has 0 spiro atoms. The predicted molar refractivity (Wildman–Crippen MR) is 87.3 cm³/mol. The largest absolute Gasteiger partial charge is 0.480 e. The second-order valence-corrected chi connectivity index (χ2v) is 5.37. The van der Waals surface area contributed by atoms with Gasteiger partial charge in [-0.05, 0) is 19.4 Å². The zero-order valence-electron chi connectivity index (χ0n) is 13.9. The third kappa shape index (κ3) is 6.22. The van der Waals surface area contributed by atoms with Gasteiger partial charge >= 0.3 is 5.97 Å². The number of aliphatic hydroxyl groups excluding tert-OH is 1. The quantitative estimate of drug-likeness (QED) is 0.403. The van der Waals surface area contributed by atoms with Gasteiger partial charge in [0, 0.05) is 0 Å². The Labute approximate surface area is 144 Å². The molecule has 0 unspecified atom stereocenters. The summed E-state index contributed by atoms with van der Waals surface area (Å²) < 4.78 is 0. The molecule has 0 aliphatic heterocycles. The van der Waals surface area contributed by atoms with E-state index in [1.165, 1.54) is 13.8 Å². The van der Waals surface area contributed by atoms with Gasteiger partial charge in [0.2, 0.25) is 17.7 Å². The molecule has 1 aromatic carbocycles. The normalized spacial score (nSPS) is 13.9. The van der Waals surface area contributed by atoms with Crippen molar-refractivity contribution < 1.29 is 29.4 Å². The average molecular weight is 351 g/mol. The summed E-state index contributed by atoms with van der Waals surface area (Å²) in [7, 11) is 0. The number of carbonyl (C=O) groups is 4. The van der Waals surface area contributed by atoms with Crippen LogP contribution in [0.2, 0.25) is 0 Å². The first-order valence-electron chi connectivity index (χ1n) is 7.55. The summed E-state index contributed by atoms with van der Waals surface area (Å²) in [4.78, 5) is 46.5. The zero-order valence-corrected chi connectivity index (χ0v) is 13.9. The number of aliphatic hydroxyl groups is 1. The lowest BCUT2D eigenvalue weighted by atomic mass is 10.1. The van der Waals surface area contributed by atoms with Crippen LogP contribution >= 0.6 is 0 Å². The van der Waals surface area contributed by atoms with Crippen LogP contribution in [0, 0.1) is 0 Å². The van der Waals surface area contributed by atoms with Crippen molar-refractivity contribution in [3.8, 4) is 0 Å². The minimum atomic E-state index is -1.20. The summed E-state index contributed by atoms with van der Waals surface area (Å²) in [5.74, 6) is -3.30. The number of aliphatic carboxylic acids is 1. The number of carbonyl (C=O) groups excluding carboxylic acids is 3. The number of hydrogen-bond donors (Lipinski definition) is 5. The first-order chi connectivity index (χ1) is 11.8. The molecule has 0 radical (unpaired) electrons. The number of nitrogens with one attached hydrogen (secondary N) is 3. The van der Waals surface area contributed by atoms with Crippen molar-refractivity contribution >= 4 is 23.7 Å². The lowest BCUT2D eigenvalue weighted by Crippen LogP contribution is -2.52. The van der Waals surface area contributed by atoms with Gasteiger partial charge in [0.15, 0.2) is 0 Å². The molecule has 3 amide bonds. The van der Waals surface area contributed by atoms with Crippen LogP contribution in [0.4, 0.5) is 0 Å². The molecule has 9 nitrogen and oxygen atoms in total. The predicted octanol–water partition coefficient (Wildman–Crippen LogP) is -1.07. The van der Waals surface area contributed by atoms with E-state index in [4.69, 9.17) is 10.2 Å². The van der Waals surface area contributed by atoms with E-state index in [1.807, 2.05) is 0 Å². The van der Waals surface area contributed by atoms with Crippen molar-refractivity contribution in [1.82, 2.24) is 16.0 Å². The Morgan fingerprint density at radius 1 is 0.920 bits per heavy atom. The summed E-state index contributed by atoms with van der Waals surface area (Å²) in [6, 6.07) is 5.07. The van der Waals surface area contributed by atoms with Crippen molar-refractivity contribution in [3.63, 3.8) is 0 Å². The summed E-state index contributed by atoms with van der Waals surface area (Å²) in [6.45, 7) is 1.89. The molecular formula is C16H21N3O6. The Morgan fingerprint density at radius 3 is 2.00 bits per heavy atom. The van der Waals surface area contributed by atoms with Gasteiger partial charge in [-0.15, -0.1) is 0 Å². The van der Waals surface area contributed by atoms with E-state index in [0.29, 0.717) is 5.56 Å². The lowest BCUT2D eigenvalue weighted by molar-refractivity contribution is -0.141. The van der Waals surface area contributed by atoms with Gasteiger partial charge in [-0.2, -0.15) is 0 Å². The fourth-order valence-electron chi connectivity index (χ4n) is 1.91. The number of carboxylic acids is 1. The number of hydrogen-bond acceptors (Lipinski definition) is 5. The molecule has 0 bridgehead atoms. The van der Waals surface area contributed by atoms with Gasteiger partial charge in [0.1, 0.15) is 24.7 Å². The maximum Gasteiger partial charge on any atom is 0.325 e. The maximum atomic E-state index is 12.4. The van der Waals surface area contributed by atoms with Crippen LogP contribution in [-0.4, -0.2) is 52.6 Å². The van der Waals surface area contributed by atoms with E-state index in [1.54, 1.807) is 30.3 Å². The SMILES string of the molecule is C[C@H](NC(=O)[C@H](C)NC(=O)[C@H](NC(=O)CO)c1ccccc1)C(=O)O. The first kappa shape index (κ1) is 20.1. The van der Waals surface area contributed by atoms with E-state index in [0.717, 1.165) is 0 Å². The minimum absolute atomic E-state index is 0.466. The monoisotopic (exact) mass is 351 g/mol. The first-order valence-corrected chi connectivity index (χ1v) is 7.55. The molecule has 0 saturated heterocycles. The highest BCUT2D eigenvalue weighted by atomic mass is 16.4. The Kier molecular flexibility index (Phi) is 7.54. The maximum absolute atomic E-state index is 12.4. The Bertz CT molecular complexity index is 634. The van der Waals surface area contributed by atoms with E-state index in [9.17, 15) is 19.2 Å². The molecular weight excluding hydrogens is 330 g/mol.